The molecule has 0 amide bonds. The molecule has 0 aromatic rings. The number of hydrogen-bond donors (Lipinski definition) is 0. The molecule has 1 aliphatic heterocycles. The third kappa shape index (κ3) is 1.85. The van der Waals surface area contributed by atoms with Gasteiger partial charge in [0.2, 0.25) is 0 Å². The second kappa shape index (κ2) is 4.82. The van der Waals surface area contributed by atoms with Gasteiger partial charge in [-0.05, 0) is 32.1 Å². The van der Waals surface area contributed by atoms with Crippen LogP contribution in [0.15, 0.2) is 11.1 Å². The van der Waals surface area contributed by atoms with Crippen LogP contribution in [-0.4, -0.2) is 32.1 Å². The molecule has 4 atom stereocenters. The van der Waals surface area contributed by atoms with Gasteiger partial charge in [-0.3, -0.25) is 4.79 Å². The van der Waals surface area contributed by atoms with Crippen molar-refractivity contribution in [3.8, 4) is 0 Å². The van der Waals surface area contributed by atoms with Gasteiger partial charge in [0.15, 0.2) is 5.79 Å². The van der Waals surface area contributed by atoms with Gasteiger partial charge < -0.3 is 14.2 Å². The lowest BCUT2D eigenvalue weighted by Crippen LogP contribution is -2.64. The molecule has 2 bridgehead atoms. The molecule has 3 aliphatic carbocycles. The Morgan fingerprint density at radius 2 is 1.90 bits per heavy atom. The van der Waals surface area contributed by atoms with Crippen LogP contribution >= 0.6 is 0 Å². The summed E-state index contributed by atoms with van der Waals surface area (Å²) in [6.45, 7) is 9.98. The van der Waals surface area contributed by atoms with Crippen LogP contribution in [0.3, 0.4) is 0 Å². The first-order valence-electron chi connectivity index (χ1n) is 7.89. The molecule has 0 radical (unpaired) electrons. The molecule has 0 unspecified atom stereocenters. The number of hydrogen-bond acceptors (Lipinski definition) is 4. The van der Waals surface area contributed by atoms with Crippen molar-refractivity contribution in [2.24, 2.45) is 23.2 Å². The molecule has 0 N–H and O–H groups in total. The highest BCUT2D eigenvalue weighted by Gasteiger charge is 2.67. The van der Waals surface area contributed by atoms with Crippen molar-refractivity contribution in [2.45, 2.75) is 46.3 Å². The topological polar surface area (TPSA) is 44.8 Å². The van der Waals surface area contributed by atoms with Gasteiger partial charge in [-0.25, -0.2) is 0 Å². The quantitative estimate of drug-likeness (QED) is 0.551. The molecule has 4 aliphatic rings. The summed E-state index contributed by atoms with van der Waals surface area (Å²) in [6.07, 6.45) is 1.71. The average Bonchev–Trinajstić information content (AvgIpc) is 2.93. The zero-order valence-corrected chi connectivity index (χ0v) is 13.7. The fourth-order valence-electron chi connectivity index (χ4n) is 4.86. The van der Waals surface area contributed by atoms with E-state index >= 15 is 0 Å². The van der Waals surface area contributed by atoms with Crippen molar-refractivity contribution in [1.29, 1.82) is 0 Å². The van der Waals surface area contributed by atoms with E-state index in [2.05, 4.69) is 27.7 Å². The van der Waals surface area contributed by atoms with Crippen molar-refractivity contribution in [3.63, 3.8) is 0 Å². The maximum Gasteiger partial charge on any atom is 0.309 e. The summed E-state index contributed by atoms with van der Waals surface area (Å²) in [5.41, 5.74) is 2.58. The number of carbonyl (C=O) groups is 1. The molecular formula is C17H26O4. The lowest BCUT2D eigenvalue weighted by molar-refractivity contribution is -0.288. The van der Waals surface area contributed by atoms with Crippen molar-refractivity contribution in [1.82, 2.24) is 0 Å². The summed E-state index contributed by atoms with van der Waals surface area (Å²) < 4.78 is 17.3. The van der Waals surface area contributed by atoms with Crippen molar-refractivity contribution in [3.05, 3.63) is 11.1 Å². The van der Waals surface area contributed by atoms with Crippen molar-refractivity contribution >= 4 is 5.97 Å². The number of allylic oxidation sites excluding steroid dienone is 1. The third-order valence-electron chi connectivity index (χ3n) is 6.20. The Labute approximate surface area is 126 Å². The molecule has 4 heteroatoms. The van der Waals surface area contributed by atoms with Crippen LogP contribution in [0.4, 0.5) is 0 Å². The van der Waals surface area contributed by atoms with E-state index in [4.69, 9.17) is 14.2 Å². The highest BCUT2D eigenvalue weighted by Crippen LogP contribution is 2.65. The zero-order valence-electron chi connectivity index (χ0n) is 13.7. The van der Waals surface area contributed by atoms with Crippen LogP contribution in [0.25, 0.3) is 0 Å². The Bertz CT molecular complexity index is 485. The van der Waals surface area contributed by atoms with Crippen LogP contribution < -0.4 is 0 Å². The fourth-order valence-corrected chi connectivity index (χ4v) is 4.86. The van der Waals surface area contributed by atoms with Crippen molar-refractivity contribution < 1.29 is 19.0 Å². The van der Waals surface area contributed by atoms with E-state index in [-0.39, 0.29) is 29.1 Å². The van der Waals surface area contributed by atoms with E-state index < -0.39 is 5.79 Å². The molecule has 21 heavy (non-hydrogen) atoms. The van der Waals surface area contributed by atoms with Gasteiger partial charge in [0.25, 0.3) is 0 Å². The van der Waals surface area contributed by atoms with E-state index in [1.165, 1.54) is 18.3 Å². The third-order valence-corrected chi connectivity index (χ3v) is 6.20. The molecule has 1 heterocycles. The zero-order chi connectivity index (χ0) is 15.4. The summed E-state index contributed by atoms with van der Waals surface area (Å²) >= 11 is 0. The second-order valence-electron chi connectivity index (χ2n) is 7.21. The Kier molecular flexibility index (Phi) is 3.45. The maximum atomic E-state index is 12.3. The van der Waals surface area contributed by atoms with Gasteiger partial charge >= 0.3 is 5.97 Å². The minimum Gasteiger partial charge on any atom is -0.469 e. The number of carbonyl (C=O) groups excluding carboxylic acids is 1. The SMILES string of the molecule is COC(=O)[C@H]1C[C@@H]2C(=C(C)C)C[C@@]1(C)[C@@H](C)C21OCCO1. The van der Waals surface area contributed by atoms with Crippen molar-refractivity contribution in [2.75, 3.05) is 20.3 Å². The standard InChI is InChI=1S/C17H26O4/c1-10(2)12-9-16(4)11(3)17(20-6-7-21-17)13(12)8-14(16)15(18)19-5/h11,13-14H,6-9H2,1-5H3/t11-,13-,14-,16+/m1/s1. The molecule has 4 fully saturated rings. The fraction of sp³-hybridized carbons (Fsp3) is 0.824. The summed E-state index contributed by atoms with van der Waals surface area (Å²) in [4.78, 5) is 12.3. The van der Waals surface area contributed by atoms with E-state index in [0.717, 1.165) is 12.8 Å². The number of ether oxygens (including phenoxy) is 3. The molecule has 4 rings (SSSR count). The lowest BCUT2D eigenvalue weighted by atomic mass is 9.47. The Morgan fingerprint density at radius 3 is 2.43 bits per heavy atom. The summed E-state index contributed by atoms with van der Waals surface area (Å²) in [5, 5.41) is 0. The molecule has 1 saturated heterocycles. The monoisotopic (exact) mass is 294 g/mol. The highest BCUT2D eigenvalue weighted by atomic mass is 16.7. The normalized spacial score (nSPS) is 40.6. The summed E-state index contributed by atoms with van der Waals surface area (Å²) in [6, 6.07) is 0. The molecule has 3 saturated carbocycles. The minimum atomic E-state index is -0.538. The van der Waals surface area contributed by atoms with E-state index in [9.17, 15) is 4.79 Å². The first-order chi connectivity index (χ1) is 9.86. The molecule has 0 aromatic carbocycles. The van der Waals surface area contributed by atoms with E-state index in [1.54, 1.807) is 0 Å². The van der Waals surface area contributed by atoms with Crippen LogP contribution in [0, 0.1) is 23.2 Å². The second-order valence-corrected chi connectivity index (χ2v) is 7.21. The van der Waals surface area contributed by atoms with Gasteiger partial charge in [0.1, 0.15) is 0 Å². The summed E-state index contributed by atoms with van der Waals surface area (Å²) in [7, 11) is 1.48. The van der Waals surface area contributed by atoms with Crippen LogP contribution in [0.1, 0.15) is 40.5 Å². The van der Waals surface area contributed by atoms with Gasteiger partial charge in [-0.2, -0.15) is 0 Å². The number of rotatable bonds is 1. The highest BCUT2D eigenvalue weighted by molar-refractivity contribution is 5.74. The summed E-state index contributed by atoms with van der Waals surface area (Å²) in [5.74, 6) is -0.340. The Balaban J connectivity index is 2.09. The smallest absolute Gasteiger partial charge is 0.309 e. The number of methoxy groups -OCH3 is 1. The molecule has 4 nitrogen and oxygen atoms in total. The number of fused-ring (bicyclic) bond motifs is 2. The van der Waals surface area contributed by atoms with Crippen LogP contribution in [-0.2, 0) is 19.0 Å². The Hall–Kier alpha value is -0.870. The van der Waals surface area contributed by atoms with Gasteiger partial charge in [0.05, 0.1) is 26.2 Å². The first-order valence-corrected chi connectivity index (χ1v) is 7.89. The van der Waals surface area contributed by atoms with Gasteiger partial charge in [-0.15, -0.1) is 0 Å². The van der Waals surface area contributed by atoms with E-state index in [0.29, 0.717) is 13.2 Å². The molecule has 0 aromatic heterocycles. The van der Waals surface area contributed by atoms with Gasteiger partial charge in [0, 0.05) is 11.8 Å². The number of esters is 1. The van der Waals surface area contributed by atoms with Gasteiger partial charge in [-0.1, -0.05) is 25.0 Å². The van der Waals surface area contributed by atoms with Crippen LogP contribution in [0.5, 0.6) is 0 Å². The molecule has 118 valence electrons. The largest absolute Gasteiger partial charge is 0.469 e. The molecule has 1 spiro atoms. The van der Waals surface area contributed by atoms with E-state index in [1.807, 2.05) is 0 Å². The Morgan fingerprint density at radius 1 is 1.29 bits per heavy atom. The predicted molar refractivity (Wildman–Crippen MR) is 78.5 cm³/mol. The minimum absolute atomic E-state index is 0.0657. The lowest BCUT2D eigenvalue weighted by Gasteiger charge is -2.61. The average molecular weight is 294 g/mol. The molecular weight excluding hydrogens is 268 g/mol. The van der Waals surface area contributed by atoms with Crippen LogP contribution in [0.2, 0.25) is 0 Å². The first kappa shape index (κ1) is 15.0. The maximum absolute atomic E-state index is 12.3. The predicted octanol–water partition coefficient (Wildman–Crippen LogP) is 2.92.